The predicted octanol–water partition coefficient (Wildman–Crippen LogP) is 1.72. The van der Waals surface area contributed by atoms with Gasteiger partial charge in [0.1, 0.15) is 5.01 Å². The largest absolute Gasteiger partial charge is 0.305 e. The molecule has 0 atom stereocenters. The molecule has 2 heterocycles. The fourth-order valence-electron chi connectivity index (χ4n) is 1.28. The smallest absolute Gasteiger partial charge is 0.107 e. The van der Waals surface area contributed by atoms with Crippen molar-refractivity contribution in [2.45, 2.75) is 26.4 Å². The Kier molecular flexibility index (Phi) is 3.47. The molecular formula is C10H14N4S. The summed E-state index contributed by atoms with van der Waals surface area (Å²) in [5, 5.41) is 11.3. The average Bonchev–Trinajstić information content (AvgIpc) is 2.88. The molecule has 5 heteroatoms. The van der Waals surface area contributed by atoms with E-state index in [9.17, 15) is 0 Å². The number of hydrogen-bond acceptors (Lipinski definition) is 4. The lowest BCUT2D eigenvalue weighted by Gasteiger charge is -1.98. The molecule has 4 nitrogen and oxygen atoms in total. The van der Waals surface area contributed by atoms with Gasteiger partial charge in [-0.1, -0.05) is 6.92 Å². The Hall–Kier alpha value is -1.20. The SMILES string of the molecule is CCc1cnc(CNCc2ccn[nH]2)s1. The summed E-state index contributed by atoms with van der Waals surface area (Å²) >= 11 is 1.77. The van der Waals surface area contributed by atoms with Gasteiger partial charge >= 0.3 is 0 Å². The first-order valence-electron chi connectivity index (χ1n) is 5.01. The maximum atomic E-state index is 4.34. The Bertz CT molecular complexity index is 393. The number of nitrogens with zero attached hydrogens (tertiary/aromatic N) is 2. The minimum Gasteiger partial charge on any atom is -0.305 e. The van der Waals surface area contributed by atoms with Crippen LogP contribution in [0.15, 0.2) is 18.5 Å². The van der Waals surface area contributed by atoms with Crippen LogP contribution >= 0.6 is 11.3 Å². The van der Waals surface area contributed by atoms with E-state index in [-0.39, 0.29) is 0 Å². The van der Waals surface area contributed by atoms with Gasteiger partial charge in [-0.05, 0) is 12.5 Å². The van der Waals surface area contributed by atoms with E-state index in [4.69, 9.17) is 0 Å². The Morgan fingerprint density at radius 2 is 2.40 bits per heavy atom. The van der Waals surface area contributed by atoms with Crippen LogP contribution in [0.4, 0.5) is 0 Å². The molecular weight excluding hydrogens is 208 g/mol. The number of hydrogen-bond donors (Lipinski definition) is 2. The third kappa shape index (κ3) is 2.87. The molecule has 0 aliphatic heterocycles. The van der Waals surface area contributed by atoms with Gasteiger partial charge in [0.2, 0.25) is 0 Å². The van der Waals surface area contributed by atoms with Gasteiger partial charge in [0, 0.05) is 36.1 Å². The molecule has 0 saturated heterocycles. The van der Waals surface area contributed by atoms with Crippen LogP contribution in [0.3, 0.4) is 0 Å². The summed E-state index contributed by atoms with van der Waals surface area (Å²) in [6.07, 6.45) is 4.78. The van der Waals surface area contributed by atoms with E-state index in [1.165, 1.54) is 4.88 Å². The van der Waals surface area contributed by atoms with Crippen molar-refractivity contribution in [2.24, 2.45) is 0 Å². The number of H-pyrrole nitrogens is 1. The van der Waals surface area contributed by atoms with Crippen molar-refractivity contribution in [3.05, 3.63) is 34.0 Å². The van der Waals surface area contributed by atoms with Gasteiger partial charge < -0.3 is 5.32 Å². The standard InChI is InChI=1S/C10H14N4S/c1-2-9-6-12-10(15-9)7-11-5-8-3-4-13-14-8/h3-4,6,11H,2,5,7H2,1H3,(H,13,14). The first kappa shape index (κ1) is 10.3. The molecule has 0 saturated carbocycles. The lowest BCUT2D eigenvalue weighted by molar-refractivity contribution is 0.674. The minimum absolute atomic E-state index is 0.807. The van der Waals surface area contributed by atoms with Crippen molar-refractivity contribution < 1.29 is 0 Å². The van der Waals surface area contributed by atoms with E-state index >= 15 is 0 Å². The molecule has 80 valence electrons. The zero-order chi connectivity index (χ0) is 10.5. The molecule has 0 amide bonds. The van der Waals surface area contributed by atoms with Crippen molar-refractivity contribution >= 4 is 11.3 Å². The summed E-state index contributed by atoms with van der Waals surface area (Å²) < 4.78 is 0. The van der Waals surface area contributed by atoms with Gasteiger partial charge in [-0.3, -0.25) is 5.10 Å². The van der Waals surface area contributed by atoms with E-state index in [1.54, 1.807) is 17.5 Å². The molecule has 0 aliphatic rings. The second kappa shape index (κ2) is 5.04. The van der Waals surface area contributed by atoms with Crippen molar-refractivity contribution in [3.63, 3.8) is 0 Å². The van der Waals surface area contributed by atoms with Gasteiger partial charge in [-0.2, -0.15) is 5.10 Å². The first-order chi connectivity index (χ1) is 7.38. The summed E-state index contributed by atoms with van der Waals surface area (Å²) in [6, 6.07) is 1.96. The maximum Gasteiger partial charge on any atom is 0.107 e. The summed E-state index contributed by atoms with van der Waals surface area (Å²) in [4.78, 5) is 5.68. The van der Waals surface area contributed by atoms with Crippen LogP contribution in [-0.2, 0) is 19.5 Å². The molecule has 0 radical (unpaired) electrons. The molecule has 2 aromatic heterocycles. The fourth-order valence-corrected chi connectivity index (χ4v) is 2.11. The quantitative estimate of drug-likeness (QED) is 0.810. The number of aromatic amines is 1. The highest BCUT2D eigenvalue weighted by atomic mass is 32.1. The molecule has 0 aliphatic carbocycles. The summed E-state index contributed by atoms with van der Waals surface area (Å²) in [5.41, 5.74) is 1.10. The topological polar surface area (TPSA) is 53.6 Å². The average molecular weight is 222 g/mol. The molecule has 0 unspecified atom stereocenters. The lowest BCUT2D eigenvalue weighted by atomic mass is 10.4. The van der Waals surface area contributed by atoms with Crippen molar-refractivity contribution in [2.75, 3.05) is 0 Å². The Morgan fingerprint density at radius 3 is 3.07 bits per heavy atom. The maximum absolute atomic E-state index is 4.34. The predicted molar refractivity (Wildman–Crippen MR) is 60.6 cm³/mol. The van der Waals surface area contributed by atoms with Crippen molar-refractivity contribution in [1.29, 1.82) is 0 Å². The Labute approximate surface area is 92.8 Å². The van der Waals surface area contributed by atoms with Gasteiger partial charge in [-0.15, -0.1) is 11.3 Å². The van der Waals surface area contributed by atoms with E-state index < -0.39 is 0 Å². The summed E-state index contributed by atoms with van der Waals surface area (Å²) in [5.74, 6) is 0. The zero-order valence-corrected chi connectivity index (χ0v) is 9.47. The van der Waals surface area contributed by atoms with Crippen LogP contribution < -0.4 is 5.32 Å². The lowest BCUT2D eigenvalue weighted by Crippen LogP contribution is -2.12. The van der Waals surface area contributed by atoms with Crippen LogP contribution in [0.25, 0.3) is 0 Å². The third-order valence-corrected chi connectivity index (χ3v) is 3.24. The number of aromatic nitrogens is 3. The third-order valence-electron chi connectivity index (χ3n) is 2.10. The first-order valence-corrected chi connectivity index (χ1v) is 5.82. The van der Waals surface area contributed by atoms with E-state index in [0.717, 1.165) is 30.2 Å². The van der Waals surface area contributed by atoms with E-state index in [0.29, 0.717) is 0 Å². The van der Waals surface area contributed by atoms with Crippen LogP contribution in [-0.4, -0.2) is 15.2 Å². The van der Waals surface area contributed by atoms with Crippen LogP contribution in [0.1, 0.15) is 22.5 Å². The molecule has 2 rings (SSSR count). The van der Waals surface area contributed by atoms with E-state index in [1.807, 2.05) is 12.3 Å². The highest BCUT2D eigenvalue weighted by Crippen LogP contribution is 2.12. The van der Waals surface area contributed by atoms with Crippen molar-refractivity contribution in [3.8, 4) is 0 Å². The summed E-state index contributed by atoms with van der Waals surface area (Å²) in [7, 11) is 0. The Balaban J connectivity index is 1.78. The van der Waals surface area contributed by atoms with Gasteiger partial charge in [0.25, 0.3) is 0 Å². The molecule has 2 N–H and O–H groups in total. The Morgan fingerprint density at radius 1 is 1.47 bits per heavy atom. The zero-order valence-electron chi connectivity index (χ0n) is 8.66. The van der Waals surface area contributed by atoms with Crippen LogP contribution in [0.5, 0.6) is 0 Å². The number of aryl methyl sites for hydroxylation is 1. The normalized spacial score (nSPS) is 10.7. The molecule has 0 fully saturated rings. The number of rotatable bonds is 5. The van der Waals surface area contributed by atoms with E-state index in [2.05, 4.69) is 27.4 Å². The highest BCUT2D eigenvalue weighted by molar-refractivity contribution is 7.11. The summed E-state index contributed by atoms with van der Waals surface area (Å²) in [6.45, 7) is 3.78. The minimum atomic E-state index is 0.807. The molecule has 15 heavy (non-hydrogen) atoms. The fraction of sp³-hybridized carbons (Fsp3) is 0.400. The number of thiazole rings is 1. The molecule has 2 aromatic rings. The monoisotopic (exact) mass is 222 g/mol. The van der Waals surface area contributed by atoms with Crippen molar-refractivity contribution in [1.82, 2.24) is 20.5 Å². The van der Waals surface area contributed by atoms with Gasteiger partial charge in [-0.25, -0.2) is 4.98 Å². The highest BCUT2D eigenvalue weighted by Gasteiger charge is 2.00. The van der Waals surface area contributed by atoms with Gasteiger partial charge in [0.15, 0.2) is 0 Å². The molecule has 0 bridgehead atoms. The molecule has 0 aromatic carbocycles. The van der Waals surface area contributed by atoms with Gasteiger partial charge in [0.05, 0.1) is 0 Å². The number of nitrogens with one attached hydrogen (secondary N) is 2. The second-order valence-corrected chi connectivity index (χ2v) is 4.46. The second-order valence-electron chi connectivity index (χ2n) is 3.26. The van der Waals surface area contributed by atoms with Crippen LogP contribution in [0, 0.1) is 0 Å². The molecule has 0 spiro atoms. The van der Waals surface area contributed by atoms with Crippen LogP contribution in [0.2, 0.25) is 0 Å².